The van der Waals surface area contributed by atoms with Crippen LogP contribution in [0, 0.1) is 0 Å². The molecule has 1 aromatic carbocycles. The molecular weight excluding hydrogens is 230 g/mol. The molecule has 1 rings (SSSR count). The topological polar surface area (TPSA) is 52.0 Å². The molecule has 0 saturated carbocycles. The summed E-state index contributed by atoms with van der Waals surface area (Å²) < 4.78 is 0. The molecule has 0 bridgehead atoms. The molecule has 0 unspecified atom stereocenters. The SMILES string of the molecule is Cl.NC[C@@H](N)c1ccc(Cl)c(Cl)c1. The number of rotatable bonds is 2. The average Bonchev–Trinajstić information content (AvgIpc) is 2.08. The van der Waals surface area contributed by atoms with Crippen molar-refractivity contribution in [2.24, 2.45) is 11.5 Å². The molecule has 0 spiro atoms. The Bertz CT molecular complexity index is 278. The molecule has 0 aromatic heterocycles. The third kappa shape index (κ3) is 3.33. The molecule has 0 saturated heterocycles. The molecule has 0 aliphatic heterocycles. The van der Waals surface area contributed by atoms with Gasteiger partial charge in [-0.15, -0.1) is 12.4 Å². The van der Waals surface area contributed by atoms with Gasteiger partial charge in [0, 0.05) is 12.6 Å². The quantitative estimate of drug-likeness (QED) is 0.835. The van der Waals surface area contributed by atoms with Crippen LogP contribution in [0.5, 0.6) is 0 Å². The summed E-state index contributed by atoms with van der Waals surface area (Å²) in [6.07, 6.45) is 0. The number of hydrogen-bond acceptors (Lipinski definition) is 2. The van der Waals surface area contributed by atoms with Crippen molar-refractivity contribution in [2.45, 2.75) is 6.04 Å². The van der Waals surface area contributed by atoms with Crippen molar-refractivity contribution in [1.82, 2.24) is 0 Å². The lowest BCUT2D eigenvalue weighted by Gasteiger charge is -2.09. The van der Waals surface area contributed by atoms with Crippen LogP contribution in [0.1, 0.15) is 11.6 Å². The van der Waals surface area contributed by atoms with E-state index in [-0.39, 0.29) is 18.4 Å². The van der Waals surface area contributed by atoms with E-state index in [4.69, 9.17) is 34.7 Å². The Kier molecular flexibility index (Phi) is 5.68. The van der Waals surface area contributed by atoms with Crippen LogP contribution in [-0.2, 0) is 0 Å². The van der Waals surface area contributed by atoms with Gasteiger partial charge in [-0.3, -0.25) is 0 Å². The van der Waals surface area contributed by atoms with Gasteiger partial charge in [0.25, 0.3) is 0 Å². The van der Waals surface area contributed by atoms with Crippen molar-refractivity contribution < 1.29 is 0 Å². The molecule has 5 heteroatoms. The van der Waals surface area contributed by atoms with Crippen LogP contribution in [-0.4, -0.2) is 6.54 Å². The molecule has 13 heavy (non-hydrogen) atoms. The summed E-state index contributed by atoms with van der Waals surface area (Å²) in [6, 6.07) is 5.11. The van der Waals surface area contributed by atoms with Gasteiger partial charge >= 0.3 is 0 Å². The molecule has 74 valence electrons. The zero-order valence-corrected chi connectivity index (χ0v) is 9.16. The van der Waals surface area contributed by atoms with Gasteiger partial charge in [-0.1, -0.05) is 29.3 Å². The number of benzene rings is 1. The van der Waals surface area contributed by atoms with Gasteiger partial charge in [-0.05, 0) is 17.7 Å². The van der Waals surface area contributed by atoms with Gasteiger partial charge in [0.05, 0.1) is 10.0 Å². The Balaban J connectivity index is 0.00000144. The maximum Gasteiger partial charge on any atom is 0.0595 e. The molecule has 0 amide bonds. The average molecular weight is 242 g/mol. The first kappa shape index (κ1) is 13.0. The van der Waals surface area contributed by atoms with Crippen molar-refractivity contribution >= 4 is 35.6 Å². The molecule has 4 N–H and O–H groups in total. The Morgan fingerprint density at radius 2 is 1.85 bits per heavy atom. The van der Waals surface area contributed by atoms with E-state index in [1.807, 2.05) is 6.07 Å². The standard InChI is InChI=1S/C8H10Cl2N2.ClH/c9-6-2-1-5(3-7(6)10)8(12)4-11;/h1-3,8H,4,11-12H2;1H/t8-;/m1./s1. The minimum atomic E-state index is -0.167. The predicted molar refractivity (Wildman–Crippen MR) is 59.7 cm³/mol. The largest absolute Gasteiger partial charge is 0.329 e. The summed E-state index contributed by atoms with van der Waals surface area (Å²) in [5.41, 5.74) is 12.0. The van der Waals surface area contributed by atoms with Gasteiger partial charge in [0.2, 0.25) is 0 Å². The zero-order valence-electron chi connectivity index (χ0n) is 6.84. The minimum Gasteiger partial charge on any atom is -0.329 e. The highest BCUT2D eigenvalue weighted by Crippen LogP contribution is 2.24. The van der Waals surface area contributed by atoms with Crippen molar-refractivity contribution in [1.29, 1.82) is 0 Å². The van der Waals surface area contributed by atoms with Crippen LogP contribution in [0.15, 0.2) is 18.2 Å². The molecule has 0 radical (unpaired) electrons. The van der Waals surface area contributed by atoms with E-state index in [1.165, 1.54) is 0 Å². The van der Waals surface area contributed by atoms with E-state index in [0.29, 0.717) is 16.6 Å². The van der Waals surface area contributed by atoms with Crippen molar-refractivity contribution in [2.75, 3.05) is 6.54 Å². The van der Waals surface area contributed by atoms with Crippen LogP contribution < -0.4 is 11.5 Å². The molecule has 0 fully saturated rings. The van der Waals surface area contributed by atoms with Crippen molar-refractivity contribution in [3.8, 4) is 0 Å². The van der Waals surface area contributed by atoms with Crippen LogP contribution in [0.4, 0.5) is 0 Å². The molecular formula is C8H11Cl3N2. The third-order valence-electron chi connectivity index (χ3n) is 1.63. The lowest BCUT2D eigenvalue weighted by atomic mass is 10.1. The first-order valence-corrected chi connectivity index (χ1v) is 4.31. The Morgan fingerprint density at radius 1 is 1.23 bits per heavy atom. The van der Waals surface area contributed by atoms with Gasteiger partial charge in [-0.25, -0.2) is 0 Å². The first-order valence-electron chi connectivity index (χ1n) is 3.55. The smallest absolute Gasteiger partial charge is 0.0595 e. The molecule has 0 heterocycles. The monoisotopic (exact) mass is 240 g/mol. The normalized spacial score (nSPS) is 12.0. The fourth-order valence-corrected chi connectivity index (χ4v) is 1.19. The van der Waals surface area contributed by atoms with Gasteiger partial charge < -0.3 is 11.5 Å². The number of hydrogen-bond donors (Lipinski definition) is 2. The second kappa shape index (κ2) is 5.68. The summed E-state index contributed by atoms with van der Waals surface area (Å²) in [7, 11) is 0. The molecule has 1 aromatic rings. The van der Waals surface area contributed by atoms with E-state index in [2.05, 4.69) is 0 Å². The maximum absolute atomic E-state index is 5.79. The van der Waals surface area contributed by atoms with Crippen LogP contribution in [0.3, 0.4) is 0 Å². The van der Waals surface area contributed by atoms with Crippen LogP contribution >= 0.6 is 35.6 Å². The van der Waals surface area contributed by atoms with Gasteiger partial charge in [-0.2, -0.15) is 0 Å². The Labute approximate surface area is 93.6 Å². The maximum atomic E-state index is 5.79. The van der Waals surface area contributed by atoms with E-state index in [9.17, 15) is 0 Å². The Hall–Kier alpha value is 0.01000. The highest BCUT2D eigenvalue weighted by atomic mass is 35.5. The summed E-state index contributed by atoms with van der Waals surface area (Å²) >= 11 is 11.5. The van der Waals surface area contributed by atoms with Crippen LogP contribution in [0.2, 0.25) is 10.0 Å². The second-order valence-electron chi connectivity index (χ2n) is 2.52. The summed E-state index contributed by atoms with van der Waals surface area (Å²) in [5, 5.41) is 1.04. The van der Waals surface area contributed by atoms with E-state index in [1.54, 1.807) is 12.1 Å². The first-order chi connectivity index (χ1) is 5.65. The zero-order chi connectivity index (χ0) is 9.14. The molecule has 0 aliphatic rings. The molecule has 0 aliphatic carbocycles. The fraction of sp³-hybridized carbons (Fsp3) is 0.250. The van der Waals surface area contributed by atoms with E-state index in [0.717, 1.165) is 5.56 Å². The summed E-state index contributed by atoms with van der Waals surface area (Å²) in [6.45, 7) is 0.401. The number of nitrogens with two attached hydrogens (primary N) is 2. The second-order valence-corrected chi connectivity index (χ2v) is 3.33. The minimum absolute atomic E-state index is 0. The lowest BCUT2D eigenvalue weighted by Crippen LogP contribution is -2.20. The van der Waals surface area contributed by atoms with E-state index >= 15 is 0 Å². The highest BCUT2D eigenvalue weighted by Gasteiger charge is 2.05. The number of halogens is 3. The summed E-state index contributed by atoms with van der Waals surface area (Å²) in [4.78, 5) is 0. The molecule has 2 nitrogen and oxygen atoms in total. The van der Waals surface area contributed by atoms with Gasteiger partial charge in [0.1, 0.15) is 0 Å². The van der Waals surface area contributed by atoms with Gasteiger partial charge in [0.15, 0.2) is 0 Å². The molecule has 1 atom stereocenters. The third-order valence-corrected chi connectivity index (χ3v) is 2.36. The predicted octanol–water partition coefficient (Wildman–Crippen LogP) is 2.37. The van der Waals surface area contributed by atoms with Crippen LogP contribution in [0.25, 0.3) is 0 Å². The summed E-state index contributed by atoms with van der Waals surface area (Å²) in [5.74, 6) is 0. The van der Waals surface area contributed by atoms with Crippen molar-refractivity contribution in [3.63, 3.8) is 0 Å². The Morgan fingerprint density at radius 3 is 2.31 bits per heavy atom. The fourth-order valence-electron chi connectivity index (χ4n) is 0.879. The highest BCUT2D eigenvalue weighted by molar-refractivity contribution is 6.42. The van der Waals surface area contributed by atoms with Crippen molar-refractivity contribution in [3.05, 3.63) is 33.8 Å². The lowest BCUT2D eigenvalue weighted by molar-refractivity contribution is 0.737. The van der Waals surface area contributed by atoms with E-state index < -0.39 is 0 Å².